The van der Waals surface area contributed by atoms with Gasteiger partial charge in [0.25, 0.3) is 0 Å². The molecule has 1 rings (SSSR count). The van der Waals surface area contributed by atoms with Crippen LogP contribution in [0, 0.1) is 11.8 Å². The van der Waals surface area contributed by atoms with Crippen molar-refractivity contribution in [2.75, 3.05) is 18.1 Å². The third kappa shape index (κ3) is 5.92. The van der Waals surface area contributed by atoms with Crippen LogP contribution in [0.25, 0.3) is 0 Å². The van der Waals surface area contributed by atoms with Crippen LogP contribution in [0.1, 0.15) is 40.0 Å². The van der Waals surface area contributed by atoms with E-state index in [4.69, 9.17) is 0 Å². The maximum atomic E-state index is 3.60. The van der Waals surface area contributed by atoms with Crippen LogP contribution in [-0.4, -0.2) is 24.1 Å². The summed E-state index contributed by atoms with van der Waals surface area (Å²) in [6.07, 6.45) is 4.14. The van der Waals surface area contributed by atoms with E-state index in [1.54, 1.807) is 0 Å². The number of nitrogens with one attached hydrogen (secondary N) is 1. The van der Waals surface area contributed by atoms with E-state index in [9.17, 15) is 0 Å². The molecule has 0 aromatic rings. The highest BCUT2D eigenvalue weighted by Crippen LogP contribution is 2.19. The van der Waals surface area contributed by atoms with Gasteiger partial charge >= 0.3 is 0 Å². The van der Waals surface area contributed by atoms with Crippen LogP contribution in [0.3, 0.4) is 0 Å². The quantitative estimate of drug-likeness (QED) is 0.667. The zero-order valence-electron chi connectivity index (χ0n) is 9.88. The first-order valence-corrected chi connectivity index (χ1v) is 7.19. The predicted molar refractivity (Wildman–Crippen MR) is 67.0 cm³/mol. The molecule has 0 bridgehead atoms. The number of thioether (sulfide) groups is 1. The molecule has 1 aliphatic carbocycles. The molecule has 0 aromatic heterocycles. The lowest BCUT2D eigenvalue weighted by molar-refractivity contribution is 0.555. The lowest BCUT2D eigenvalue weighted by Gasteiger charge is -2.13. The second-order valence-corrected chi connectivity index (χ2v) is 5.91. The van der Waals surface area contributed by atoms with E-state index in [0.29, 0.717) is 0 Å². The van der Waals surface area contributed by atoms with Gasteiger partial charge in [-0.25, -0.2) is 0 Å². The molecule has 14 heavy (non-hydrogen) atoms. The number of hydrogen-bond donors (Lipinski definition) is 1. The highest BCUT2D eigenvalue weighted by molar-refractivity contribution is 7.99. The topological polar surface area (TPSA) is 12.0 Å². The monoisotopic (exact) mass is 215 g/mol. The molecular formula is C12H25NS. The Hall–Kier alpha value is 0.310. The summed E-state index contributed by atoms with van der Waals surface area (Å²) < 4.78 is 0. The summed E-state index contributed by atoms with van der Waals surface area (Å²) in [5.74, 6) is 4.39. The normalized spacial score (nSPS) is 20.8. The first-order chi connectivity index (χ1) is 6.72. The van der Waals surface area contributed by atoms with Crippen LogP contribution in [-0.2, 0) is 0 Å². The van der Waals surface area contributed by atoms with Gasteiger partial charge in [0.2, 0.25) is 0 Å². The summed E-state index contributed by atoms with van der Waals surface area (Å²) in [6, 6.07) is 0.872. The van der Waals surface area contributed by atoms with Gasteiger partial charge in [-0.3, -0.25) is 0 Å². The second kappa shape index (κ2) is 6.73. The standard InChI is InChI=1S/C12H25NS/c1-4-10(2)8-14-9-11(3)7-13-12-5-6-12/h10-13H,4-9H2,1-3H3. The molecule has 0 aliphatic heterocycles. The van der Waals surface area contributed by atoms with Gasteiger partial charge in [-0.05, 0) is 42.7 Å². The Bertz CT molecular complexity index is 145. The SMILES string of the molecule is CCC(C)CSCC(C)CNC1CC1. The smallest absolute Gasteiger partial charge is 0.00683 e. The van der Waals surface area contributed by atoms with Crippen LogP contribution in [0.5, 0.6) is 0 Å². The predicted octanol–water partition coefficient (Wildman–Crippen LogP) is 3.15. The van der Waals surface area contributed by atoms with Crippen LogP contribution in [0.2, 0.25) is 0 Å². The fourth-order valence-electron chi connectivity index (χ4n) is 1.30. The van der Waals surface area contributed by atoms with Crippen molar-refractivity contribution in [1.29, 1.82) is 0 Å². The first kappa shape index (κ1) is 12.4. The van der Waals surface area contributed by atoms with Gasteiger partial charge in [-0.2, -0.15) is 11.8 Å². The van der Waals surface area contributed by atoms with Crippen LogP contribution in [0.4, 0.5) is 0 Å². The summed E-state index contributed by atoms with van der Waals surface area (Å²) in [4.78, 5) is 0. The van der Waals surface area contributed by atoms with Crippen molar-refractivity contribution in [2.24, 2.45) is 11.8 Å². The summed E-state index contributed by atoms with van der Waals surface area (Å²) in [5, 5.41) is 3.60. The summed E-state index contributed by atoms with van der Waals surface area (Å²) in [6.45, 7) is 8.21. The van der Waals surface area contributed by atoms with E-state index in [-0.39, 0.29) is 0 Å². The van der Waals surface area contributed by atoms with Gasteiger partial charge in [-0.15, -0.1) is 0 Å². The van der Waals surface area contributed by atoms with Crippen molar-refractivity contribution in [1.82, 2.24) is 5.32 Å². The molecule has 1 N–H and O–H groups in total. The molecular weight excluding hydrogens is 190 g/mol. The fraction of sp³-hybridized carbons (Fsp3) is 1.00. The lowest BCUT2D eigenvalue weighted by Crippen LogP contribution is -2.24. The molecule has 0 amide bonds. The molecule has 0 aromatic carbocycles. The minimum Gasteiger partial charge on any atom is -0.314 e. The van der Waals surface area contributed by atoms with Crippen LogP contribution in [0.15, 0.2) is 0 Å². The lowest BCUT2D eigenvalue weighted by atomic mass is 10.2. The summed E-state index contributed by atoms with van der Waals surface area (Å²) in [5.41, 5.74) is 0. The van der Waals surface area contributed by atoms with E-state index in [1.165, 1.54) is 37.3 Å². The highest BCUT2D eigenvalue weighted by atomic mass is 32.2. The fourth-order valence-corrected chi connectivity index (χ4v) is 2.60. The first-order valence-electron chi connectivity index (χ1n) is 6.03. The van der Waals surface area contributed by atoms with Crippen molar-refractivity contribution >= 4 is 11.8 Å². The molecule has 0 radical (unpaired) electrons. The maximum absolute atomic E-state index is 3.60. The molecule has 0 spiro atoms. The minimum absolute atomic E-state index is 0.838. The molecule has 2 heteroatoms. The van der Waals surface area contributed by atoms with Crippen molar-refractivity contribution in [3.63, 3.8) is 0 Å². The molecule has 2 unspecified atom stereocenters. The summed E-state index contributed by atoms with van der Waals surface area (Å²) in [7, 11) is 0. The molecule has 84 valence electrons. The number of hydrogen-bond acceptors (Lipinski definition) is 2. The third-order valence-corrected chi connectivity index (χ3v) is 4.44. The van der Waals surface area contributed by atoms with E-state index >= 15 is 0 Å². The third-order valence-electron chi connectivity index (χ3n) is 2.83. The Labute approximate surface area is 93.4 Å². The van der Waals surface area contributed by atoms with E-state index in [0.717, 1.165) is 17.9 Å². The van der Waals surface area contributed by atoms with Gasteiger partial charge in [0.15, 0.2) is 0 Å². The van der Waals surface area contributed by atoms with Gasteiger partial charge in [0.05, 0.1) is 0 Å². The average molecular weight is 215 g/mol. The molecule has 1 nitrogen and oxygen atoms in total. The van der Waals surface area contributed by atoms with Gasteiger partial charge in [-0.1, -0.05) is 27.2 Å². The molecule has 0 saturated heterocycles. The van der Waals surface area contributed by atoms with Crippen molar-refractivity contribution in [2.45, 2.75) is 46.1 Å². The zero-order valence-corrected chi connectivity index (χ0v) is 10.7. The second-order valence-electron chi connectivity index (χ2n) is 4.84. The van der Waals surface area contributed by atoms with E-state index in [1.807, 2.05) is 0 Å². The van der Waals surface area contributed by atoms with Crippen LogP contribution < -0.4 is 5.32 Å². The maximum Gasteiger partial charge on any atom is 0.00683 e. The summed E-state index contributed by atoms with van der Waals surface area (Å²) >= 11 is 2.13. The Balaban J connectivity index is 1.88. The van der Waals surface area contributed by atoms with Crippen LogP contribution >= 0.6 is 11.8 Å². The number of rotatable bonds is 8. The Morgan fingerprint density at radius 2 is 1.86 bits per heavy atom. The van der Waals surface area contributed by atoms with Gasteiger partial charge in [0.1, 0.15) is 0 Å². The van der Waals surface area contributed by atoms with Crippen molar-refractivity contribution < 1.29 is 0 Å². The van der Waals surface area contributed by atoms with Gasteiger partial charge in [0, 0.05) is 6.04 Å². The van der Waals surface area contributed by atoms with E-state index in [2.05, 4.69) is 37.8 Å². The molecule has 1 fully saturated rings. The zero-order chi connectivity index (χ0) is 10.4. The van der Waals surface area contributed by atoms with Crippen molar-refractivity contribution in [3.8, 4) is 0 Å². The largest absolute Gasteiger partial charge is 0.314 e. The van der Waals surface area contributed by atoms with Gasteiger partial charge < -0.3 is 5.32 Å². The Morgan fingerprint density at radius 3 is 2.43 bits per heavy atom. The highest BCUT2D eigenvalue weighted by Gasteiger charge is 2.20. The molecule has 1 aliphatic rings. The average Bonchev–Trinajstić information content (AvgIpc) is 2.98. The van der Waals surface area contributed by atoms with Crippen molar-refractivity contribution in [3.05, 3.63) is 0 Å². The van der Waals surface area contributed by atoms with E-state index < -0.39 is 0 Å². The molecule has 2 atom stereocenters. The molecule has 0 heterocycles. The minimum atomic E-state index is 0.838. The Kier molecular flexibility index (Phi) is 5.95. The Morgan fingerprint density at radius 1 is 1.21 bits per heavy atom. The molecule has 1 saturated carbocycles.